The van der Waals surface area contributed by atoms with E-state index in [9.17, 15) is 9.59 Å². The Hall–Kier alpha value is -2.34. The molecule has 5 nitrogen and oxygen atoms in total. The van der Waals surface area contributed by atoms with Crippen molar-refractivity contribution in [1.29, 1.82) is 0 Å². The van der Waals surface area contributed by atoms with Crippen molar-refractivity contribution in [2.75, 3.05) is 11.9 Å². The Morgan fingerprint density at radius 2 is 1.92 bits per heavy atom. The molecule has 0 aromatic heterocycles. The fraction of sp³-hybridized carbons (Fsp3) is 0.222. The van der Waals surface area contributed by atoms with Gasteiger partial charge in [-0.05, 0) is 43.7 Å². The number of ether oxygens (including phenoxy) is 1. The number of nitrogens with one attached hydrogen (secondary N) is 2. The zero-order valence-electron chi connectivity index (χ0n) is 13.5. The number of halogens is 1. The third-order valence-corrected chi connectivity index (χ3v) is 4.09. The first-order chi connectivity index (χ1) is 11.5. The lowest BCUT2D eigenvalue weighted by Crippen LogP contribution is -2.27. The maximum absolute atomic E-state index is 12.4. The van der Waals surface area contributed by atoms with Gasteiger partial charge in [0, 0.05) is 15.7 Å². The molecule has 6 heteroatoms. The summed E-state index contributed by atoms with van der Waals surface area (Å²) in [5.74, 6) is -0.217. The smallest absolute Gasteiger partial charge is 0.411 e. The van der Waals surface area contributed by atoms with E-state index in [2.05, 4.69) is 26.6 Å². The average Bonchev–Trinajstić information content (AvgIpc) is 2.55. The topological polar surface area (TPSA) is 67.4 Å². The van der Waals surface area contributed by atoms with Crippen molar-refractivity contribution in [3.63, 3.8) is 0 Å². The third kappa shape index (κ3) is 4.83. The van der Waals surface area contributed by atoms with Crippen molar-refractivity contribution in [3.05, 3.63) is 64.1 Å². The van der Waals surface area contributed by atoms with Crippen LogP contribution in [-0.4, -0.2) is 18.6 Å². The normalized spacial score (nSPS) is 11.5. The molecular weight excluding hydrogens is 372 g/mol. The predicted molar refractivity (Wildman–Crippen MR) is 97.1 cm³/mol. The Morgan fingerprint density at radius 1 is 1.17 bits per heavy atom. The Balaban J connectivity index is 2.07. The molecule has 2 aromatic rings. The molecule has 0 aliphatic rings. The molecule has 2 aromatic carbocycles. The van der Waals surface area contributed by atoms with Crippen LogP contribution in [0.25, 0.3) is 0 Å². The molecule has 0 saturated carbocycles. The fourth-order valence-electron chi connectivity index (χ4n) is 2.21. The van der Waals surface area contributed by atoms with Gasteiger partial charge >= 0.3 is 6.09 Å². The van der Waals surface area contributed by atoms with Gasteiger partial charge < -0.3 is 10.1 Å². The monoisotopic (exact) mass is 390 g/mol. The van der Waals surface area contributed by atoms with Crippen molar-refractivity contribution in [1.82, 2.24) is 5.32 Å². The van der Waals surface area contributed by atoms with Crippen LogP contribution in [0, 0.1) is 0 Å². The summed E-state index contributed by atoms with van der Waals surface area (Å²) in [5.41, 5.74) is 1.96. The Kier molecular flexibility index (Phi) is 6.37. The second kappa shape index (κ2) is 8.49. The largest absolute Gasteiger partial charge is 0.450 e. The summed E-state index contributed by atoms with van der Waals surface area (Å²) in [5, 5.41) is 5.53. The van der Waals surface area contributed by atoms with E-state index in [1.807, 2.05) is 31.2 Å². The summed E-state index contributed by atoms with van der Waals surface area (Å²) in [6, 6.07) is 14.3. The van der Waals surface area contributed by atoms with Crippen LogP contribution >= 0.6 is 15.9 Å². The van der Waals surface area contributed by atoms with Crippen molar-refractivity contribution in [2.45, 2.75) is 19.9 Å². The van der Waals surface area contributed by atoms with E-state index in [1.165, 1.54) is 0 Å². The van der Waals surface area contributed by atoms with Crippen molar-refractivity contribution in [2.24, 2.45) is 0 Å². The summed E-state index contributed by atoms with van der Waals surface area (Å²) >= 11 is 3.48. The van der Waals surface area contributed by atoms with Gasteiger partial charge in [-0.1, -0.05) is 40.2 Å². The number of benzene rings is 2. The molecule has 0 saturated heterocycles. The predicted octanol–water partition coefficient (Wildman–Crippen LogP) is 4.51. The third-order valence-electron chi connectivity index (χ3n) is 3.37. The van der Waals surface area contributed by atoms with Gasteiger partial charge in [0.15, 0.2) is 0 Å². The minimum atomic E-state index is -0.545. The number of carbonyl (C=O) groups is 2. The highest BCUT2D eigenvalue weighted by atomic mass is 79.9. The van der Waals surface area contributed by atoms with Crippen molar-refractivity contribution in [3.8, 4) is 0 Å². The summed E-state index contributed by atoms with van der Waals surface area (Å²) in [7, 11) is 0. The SMILES string of the molecule is CCOC(=O)Nc1cccc(C(=O)N[C@@H](C)c2ccccc2Br)c1. The van der Waals surface area contributed by atoms with Crippen LogP contribution in [0.15, 0.2) is 53.0 Å². The lowest BCUT2D eigenvalue weighted by atomic mass is 10.1. The maximum Gasteiger partial charge on any atom is 0.411 e. The molecule has 2 N–H and O–H groups in total. The highest BCUT2D eigenvalue weighted by Crippen LogP contribution is 2.23. The molecule has 126 valence electrons. The number of carbonyl (C=O) groups excluding carboxylic acids is 2. The van der Waals surface area contributed by atoms with Gasteiger partial charge in [0.05, 0.1) is 12.6 Å². The van der Waals surface area contributed by atoms with Crippen LogP contribution in [0.4, 0.5) is 10.5 Å². The van der Waals surface area contributed by atoms with Crippen LogP contribution in [0.1, 0.15) is 35.8 Å². The molecular formula is C18H19BrN2O3. The van der Waals surface area contributed by atoms with Gasteiger partial charge in [0.2, 0.25) is 0 Å². The molecule has 0 aliphatic heterocycles. The summed E-state index contributed by atoms with van der Waals surface area (Å²) in [6.07, 6.45) is -0.545. The molecule has 0 fully saturated rings. The first-order valence-corrected chi connectivity index (χ1v) is 8.39. The Bertz CT molecular complexity index is 734. The molecule has 2 amide bonds. The lowest BCUT2D eigenvalue weighted by molar-refractivity contribution is 0.0939. The first kappa shape index (κ1) is 18.0. The lowest BCUT2D eigenvalue weighted by Gasteiger charge is -2.16. The van der Waals surface area contributed by atoms with Crippen LogP contribution in [-0.2, 0) is 4.74 Å². The summed E-state index contributed by atoms with van der Waals surface area (Å²) in [6.45, 7) is 3.93. The van der Waals surface area contributed by atoms with Crippen molar-refractivity contribution < 1.29 is 14.3 Å². The molecule has 24 heavy (non-hydrogen) atoms. The quantitative estimate of drug-likeness (QED) is 0.788. The maximum atomic E-state index is 12.4. The van der Waals surface area contributed by atoms with Gasteiger partial charge in [0.1, 0.15) is 0 Å². The molecule has 0 spiro atoms. The second-order valence-electron chi connectivity index (χ2n) is 5.14. The number of hydrogen-bond acceptors (Lipinski definition) is 3. The van der Waals surface area contributed by atoms with Crippen LogP contribution in [0.2, 0.25) is 0 Å². The van der Waals surface area contributed by atoms with E-state index in [1.54, 1.807) is 31.2 Å². The highest BCUT2D eigenvalue weighted by molar-refractivity contribution is 9.10. The van der Waals surface area contributed by atoms with E-state index in [0.29, 0.717) is 11.3 Å². The summed E-state index contributed by atoms with van der Waals surface area (Å²) in [4.78, 5) is 23.9. The Morgan fingerprint density at radius 3 is 2.62 bits per heavy atom. The van der Waals surface area contributed by atoms with E-state index in [4.69, 9.17) is 4.74 Å². The Labute approximate surface area is 149 Å². The molecule has 0 heterocycles. The fourth-order valence-corrected chi connectivity index (χ4v) is 2.84. The van der Waals surface area contributed by atoms with Gasteiger partial charge in [-0.2, -0.15) is 0 Å². The van der Waals surface area contributed by atoms with Gasteiger partial charge in [-0.15, -0.1) is 0 Å². The zero-order chi connectivity index (χ0) is 17.5. The molecule has 1 atom stereocenters. The van der Waals surface area contributed by atoms with Crippen LogP contribution in [0.3, 0.4) is 0 Å². The number of anilines is 1. The molecule has 0 unspecified atom stereocenters. The second-order valence-corrected chi connectivity index (χ2v) is 6.00. The molecule has 0 aliphatic carbocycles. The number of hydrogen-bond donors (Lipinski definition) is 2. The van der Waals surface area contributed by atoms with E-state index >= 15 is 0 Å². The van der Waals surface area contributed by atoms with Crippen LogP contribution < -0.4 is 10.6 Å². The highest BCUT2D eigenvalue weighted by Gasteiger charge is 2.14. The number of rotatable bonds is 5. The minimum Gasteiger partial charge on any atom is -0.450 e. The van der Waals surface area contributed by atoms with Gasteiger partial charge in [-0.25, -0.2) is 4.79 Å². The van der Waals surface area contributed by atoms with E-state index in [-0.39, 0.29) is 18.6 Å². The molecule has 0 radical (unpaired) electrons. The van der Waals surface area contributed by atoms with E-state index < -0.39 is 6.09 Å². The zero-order valence-corrected chi connectivity index (χ0v) is 15.1. The number of amides is 2. The van der Waals surface area contributed by atoms with Gasteiger partial charge in [-0.3, -0.25) is 10.1 Å². The van der Waals surface area contributed by atoms with Gasteiger partial charge in [0.25, 0.3) is 5.91 Å². The summed E-state index contributed by atoms with van der Waals surface area (Å²) < 4.78 is 5.77. The van der Waals surface area contributed by atoms with Crippen LogP contribution in [0.5, 0.6) is 0 Å². The van der Waals surface area contributed by atoms with E-state index in [0.717, 1.165) is 10.0 Å². The molecule has 2 rings (SSSR count). The first-order valence-electron chi connectivity index (χ1n) is 7.60. The minimum absolute atomic E-state index is 0.158. The average molecular weight is 391 g/mol. The molecule has 0 bridgehead atoms. The van der Waals surface area contributed by atoms with Crippen molar-refractivity contribution >= 4 is 33.6 Å². The standard InChI is InChI=1S/C18H19BrN2O3/c1-3-24-18(23)21-14-8-6-7-13(11-14)17(22)20-12(2)15-9-4-5-10-16(15)19/h4-12H,3H2,1-2H3,(H,20,22)(H,21,23)/t12-/m0/s1.